The van der Waals surface area contributed by atoms with Crippen molar-refractivity contribution in [2.45, 2.75) is 12.8 Å². The molecule has 0 fully saturated rings. The van der Waals surface area contributed by atoms with Crippen LogP contribution >= 0.6 is 24.0 Å². The van der Waals surface area contributed by atoms with E-state index in [9.17, 15) is 4.79 Å². The Balaban J connectivity index is 0.00000312. The molecule has 3 N–H and O–H groups in total. The van der Waals surface area contributed by atoms with Crippen molar-refractivity contribution in [1.82, 2.24) is 16.0 Å². The highest BCUT2D eigenvalue weighted by Gasteiger charge is 2.06. The lowest BCUT2D eigenvalue weighted by Crippen LogP contribution is -2.41. The van der Waals surface area contributed by atoms with Gasteiger partial charge in [0.25, 0.3) is 5.91 Å². The van der Waals surface area contributed by atoms with Crippen LogP contribution in [0.15, 0.2) is 58.1 Å². The summed E-state index contributed by atoms with van der Waals surface area (Å²) in [6.07, 6.45) is 3.54. The minimum absolute atomic E-state index is 0. The number of nitrogens with one attached hydrogen (secondary N) is 3. The van der Waals surface area contributed by atoms with Gasteiger partial charge in [-0.05, 0) is 30.5 Å². The SMILES string of the molecule is CN=C(NCCCc1ccccc1)NCCNC(=O)c1ccco1.I. The lowest BCUT2D eigenvalue weighted by atomic mass is 10.1. The molecular weight excluding hydrogens is 431 g/mol. The number of furan rings is 1. The predicted molar refractivity (Wildman–Crippen MR) is 111 cm³/mol. The van der Waals surface area contributed by atoms with E-state index in [1.54, 1.807) is 19.2 Å². The molecule has 1 amide bonds. The highest BCUT2D eigenvalue weighted by molar-refractivity contribution is 14.0. The van der Waals surface area contributed by atoms with E-state index >= 15 is 0 Å². The largest absolute Gasteiger partial charge is 0.459 e. The second-order valence-electron chi connectivity index (χ2n) is 5.25. The number of nitrogens with zero attached hydrogens (tertiary/aromatic N) is 1. The topological polar surface area (TPSA) is 78.7 Å². The summed E-state index contributed by atoms with van der Waals surface area (Å²) in [6, 6.07) is 13.7. The lowest BCUT2D eigenvalue weighted by Gasteiger charge is -2.12. The van der Waals surface area contributed by atoms with Gasteiger partial charge in [0.15, 0.2) is 11.7 Å². The van der Waals surface area contributed by atoms with Crippen molar-refractivity contribution in [3.63, 3.8) is 0 Å². The van der Waals surface area contributed by atoms with Gasteiger partial charge in [-0.15, -0.1) is 24.0 Å². The molecule has 0 aliphatic heterocycles. The fourth-order valence-corrected chi connectivity index (χ4v) is 2.22. The number of hydrogen-bond donors (Lipinski definition) is 3. The Hall–Kier alpha value is -2.03. The lowest BCUT2D eigenvalue weighted by molar-refractivity contribution is 0.0926. The third kappa shape index (κ3) is 8.06. The average molecular weight is 456 g/mol. The molecule has 7 heteroatoms. The Bertz CT molecular complexity index is 630. The fraction of sp³-hybridized carbons (Fsp3) is 0.333. The van der Waals surface area contributed by atoms with Crippen molar-refractivity contribution in [1.29, 1.82) is 0 Å². The van der Waals surface area contributed by atoms with Gasteiger partial charge >= 0.3 is 0 Å². The first kappa shape index (κ1) is 21.0. The fourth-order valence-electron chi connectivity index (χ4n) is 2.22. The quantitative estimate of drug-likeness (QED) is 0.247. The standard InChI is InChI=1S/C18H24N4O2.HI/c1-19-18(21-11-5-9-15-7-3-2-4-8-15)22-13-12-20-17(23)16-10-6-14-24-16;/h2-4,6-8,10,14H,5,9,11-13H2,1H3,(H,20,23)(H2,19,21,22);1H. The van der Waals surface area contributed by atoms with Crippen LogP contribution in [-0.2, 0) is 6.42 Å². The van der Waals surface area contributed by atoms with Gasteiger partial charge in [0.2, 0.25) is 0 Å². The second-order valence-corrected chi connectivity index (χ2v) is 5.25. The van der Waals surface area contributed by atoms with Gasteiger partial charge in [-0.2, -0.15) is 0 Å². The molecule has 2 aromatic rings. The van der Waals surface area contributed by atoms with Crippen LogP contribution in [-0.4, -0.2) is 38.5 Å². The maximum Gasteiger partial charge on any atom is 0.287 e. The number of carbonyl (C=O) groups excluding carboxylic acids is 1. The Labute approximate surface area is 165 Å². The molecule has 0 aliphatic rings. The molecular formula is C18H25IN4O2. The number of halogens is 1. The van der Waals surface area contributed by atoms with Crippen molar-refractivity contribution in [3.8, 4) is 0 Å². The van der Waals surface area contributed by atoms with Crippen molar-refractivity contribution in [2.24, 2.45) is 4.99 Å². The zero-order chi connectivity index (χ0) is 17.0. The summed E-state index contributed by atoms with van der Waals surface area (Å²) in [4.78, 5) is 15.8. The van der Waals surface area contributed by atoms with Gasteiger partial charge < -0.3 is 20.4 Å². The summed E-state index contributed by atoms with van der Waals surface area (Å²) >= 11 is 0. The van der Waals surface area contributed by atoms with Gasteiger partial charge in [-0.25, -0.2) is 0 Å². The van der Waals surface area contributed by atoms with E-state index in [0.29, 0.717) is 18.8 Å². The number of rotatable bonds is 8. The molecule has 1 aromatic carbocycles. The second kappa shape index (κ2) is 12.3. The zero-order valence-corrected chi connectivity index (χ0v) is 16.7. The third-order valence-corrected chi connectivity index (χ3v) is 3.45. The molecule has 0 bridgehead atoms. The van der Waals surface area contributed by atoms with Crippen LogP contribution in [0.4, 0.5) is 0 Å². The summed E-state index contributed by atoms with van der Waals surface area (Å²) in [7, 11) is 1.73. The summed E-state index contributed by atoms with van der Waals surface area (Å²) in [5.41, 5.74) is 1.34. The van der Waals surface area contributed by atoms with Crippen LogP contribution in [0.3, 0.4) is 0 Å². The molecule has 6 nitrogen and oxygen atoms in total. The molecule has 0 saturated heterocycles. The maximum absolute atomic E-state index is 11.7. The minimum atomic E-state index is -0.215. The number of aryl methyl sites for hydroxylation is 1. The van der Waals surface area contributed by atoms with Crippen LogP contribution in [0, 0.1) is 0 Å². The van der Waals surface area contributed by atoms with Gasteiger partial charge in [-0.1, -0.05) is 30.3 Å². The molecule has 2 rings (SSSR count). The first-order valence-electron chi connectivity index (χ1n) is 8.10. The van der Waals surface area contributed by atoms with Gasteiger partial charge in [0, 0.05) is 26.7 Å². The number of amides is 1. The minimum Gasteiger partial charge on any atom is -0.459 e. The molecule has 136 valence electrons. The molecule has 0 aliphatic carbocycles. The first-order chi connectivity index (χ1) is 11.8. The highest BCUT2D eigenvalue weighted by atomic mass is 127. The van der Waals surface area contributed by atoms with E-state index in [4.69, 9.17) is 4.42 Å². The Morgan fingerprint density at radius 3 is 2.40 bits per heavy atom. The molecule has 25 heavy (non-hydrogen) atoms. The number of carbonyl (C=O) groups is 1. The van der Waals surface area contributed by atoms with E-state index in [-0.39, 0.29) is 29.9 Å². The van der Waals surface area contributed by atoms with Crippen LogP contribution in [0.25, 0.3) is 0 Å². The Morgan fingerprint density at radius 1 is 1.00 bits per heavy atom. The third-order valence-electron chi connectivity index (χ3n) is 3.45. The molecule has 0 spiro atoms. The Morgan fingerprint density at radius 2 is 1.72 bits per heavy atom. The monoisotopic (exact) mass is 456 g/mol. The molecule has 1 heterocycles. The normalized spacial score (nSPS) is 10.7. The molecule has 0 saturated carbocycles. The van der Waals surface area contributed by atoms with Crippen molar-refractivity contribution in [3.05, 3.63) is 60.1 Å². The van der Waals surface area contributed by atoms with Crippen LogP contribution in [0.1, 0.15) is 22.5 Å². The van der Waals surface area contributed by atoms with Gasteiger partial charge in [0.1, 0.15) is 0 Å². The molecule has 1 aromatic heterocycles. The Kier molecular flexibility index (Phi) is 10.4. The zero-order valence-electron chi connectivity index (χ0n) is 14.3. The predicted octanol–water partition coefficient (Wildman–Crippen LogP) is 2.43. The summed E-state index contributed by atoms with van der Waals surface area (Å²) < 4.78 is 5.03. The van der Waals surface area contributed by atoms with Crippen LogP contribution in [0.2, 0.25) is 0 Å². The highest BCUT2D eigenvalue weighted by Crippen LogP contribution is 2.01. The molecule has 0 atom stereocenters. The summed E-state index contributed by atoms with van der Waals surface area (Å²) in [5.74, 6) is 0.835. The summed E-state index contributed by atoms with van der Waals surface area (Å²) in [6.45, 7) is 1.92. The molecule has 0 unspecified atom stereocenters. The summed E-state index contributed by atoms with van der Waals surface area (Å²) in [5, 5.41) is 9.20. The van der Waals surface area contributed by atoms with E-state index < -0.39 is 0 Å². The van der Waals surface area contributed by atoms with Crippen LogP contribution in [0.5, 0.6) is 0 Å². The van der Waals surface area contributed by atoms with Crippen molar-refractivity contribution in [2.75, 3.05) is 26.7 Å². The van der Waals surface area contributed by atoms with Crippen molar-refractivity contribution < 1.29 is 9.21 Å². The van der Waals surface area contributed by atoms with E-state index in [2.05, 4.69) is 45.2 Å². The van der Waals surface area contributed by atoms with E-state index in [1.165, 1.54) is 11.8 Å². The van der Waals surface area contributed by atoms with Crippen molar-refractivity contribution >= 4 is 35.8 Å². The number of guanidine groups is 1. The maximum atomic E-state index is 11.7. The molecule has 0 radical (unpaired) electrons. The van der Waals surface area contributed by atoms with E-state index in [0.717, 1.165) is 25.3 Å². The number of hydrogen-bond acceptors (Lipinski definition) is 3. The van der Waals surface area contributed by atoms with Gasteiger partial charge in [-0.3, -0.25) is 9.79 Å². The average Bonchev–Trinajstić information content (AvgIpc) is 3.16. The first-order valence-corrected chi connectivity index (χ1v) is 8.10. The number of aliphatic imine (C=N–C) groups is 1. The smallest absolute Gasteiger partial charge is 0.287 e. The van der Waals surface area contributed by atoms with Gasteiger partial charge in [0.05, 0.1) is 6.26 Å². The number of benzene rings is 1. The van der Waals surface area contributed by atoms with E-state index in [1.807, 2.05) is 6.07 Å². The van der Waals surface area contributed by atoms with Crippen LogP contribution < -0.4 is 16.0 Å².